The Hall–Kier alpha value is -3.40. The number of carbonyl (C=O) groups is 1. The van der Waals surface area contributed by atoms with E-state index in [1.165, 1.54) is 5.56 Å². The fraction of sp³-hybridized carbons (Fsp3) is 0.259. The Labute approximate surface area is 183 Å². The van der Waals surface area contributed by atoms with Crippen molar-refractivity contribution in [2.24, 2.45) is 7.05 Å². The summed E-state index contributed by atoms with van der Waals surface area (Å²) in [6.07, 6.45) is 4.07. The summed E-state index contributed by atoms with van der Waals surface area (Å²) in [5.74, 6) is 1.02. The minimum absolute atomic E-state index is 0.0436. The monoisotopic (exact) mass is 412 g/mol. The standard InChI is InChI=1S/C27H28N2O2/c1-18(2)23-15-24(26(12-19(23)3)31-17-20-8-6-5-7-9-20)25(30)14-21-13-22-10-11-29(4)27(22)28-16-21/h5-13,15-16,18H,14,17H2,1-4H3. The van der Waals surface area contributed by atoms with E-state index < -0.39 is 0 Å². The van der Waals surface area contributed by atoms with Gasteiger partial charge < -0.3 is 9.30 Å². The fourth-order valence-electron chi connectivity index (χ4n) is 3.97. The molecule has 4 heteroatoms. The highest BCUT2D eigenvalue weighted by atomic mass is 16.5. The number of nitrogens with zero attached hydrogens (tertiary/aromatic N) is 2. The van der Waals surface area contributed by atoms with Gasteiger partial charge in [0.15, 0.2) is 5.78 Å². The van der Waals surface area contributed by atoms with Crippen molar-refractivity contribution in [2.75, 3.05) is 0 Å². The molecule has 0 saturated heterocycles. The number of carbonyl (C=O) groups excluding carboxylic acids is 1. The summed E-state index contributed by atoms with van der Waals surface area (Å²) in [7, 11) is 1.97. The molecular weight excluding hydrogens is 384 g/mol. The van der Waals surface area contributed by atoms with Crippen molar-refractivity contribution in [3.8, 4) is 5.75 Å². The van der Waals surface area contributed by atoms with Crippen LogP contribution in [0.4, 0.5) is 0 Å². The molecule has 158 valence electrons. The van der Waals surface area contributed by atoms with Crippen LogP contribution in [0, 0.1) is 6.92 Å². The van der Waals surface area contributed by atoms with Gasteiger partial charge in [-0.2, -0.15) is 0 Å². The summed E-state index contributed by atoms with van der Waals surface area (Å²) < 4.78 is 8.11. The molecule has 0 saturated carbocycles. The van der Waals surface area contributed by atoms with E-state index in [1.54, 1.807) is 6.20 Å². The number of pyridine rings is 1. The molecule has 4 aromatic rings. The van der Waals surface area contributed by atoms with Gasteiger partial charge in [0.2, 0.25) is 0 Å². The van der Waals surface area contributed by atoms with Crippen molar-refractivity contribution >= 4 is 16.8 Å². The van der Waals surface area contributed by atoms with Crippen LogP contribution in [-0.2, 0) is 20.1 Å². The molecule has 2 aromatic carbocycles. The predicted molar refractivity (Wildman–Crippen MR) is 125 cm³/mol. The van der Waals surface area contributed by atoms with Gasteiger partial charge in [-0.25, -0.2) is 4.98 Å². The van der Waals surface area contributed by atoms with Gasteiger partial charge in [0, 0.05) is 31.2 Å². The van der Waals surface area contributed by atoms with Gasteiger partial charge in [-0.3, -0.25) is 4.79 Å². The smallest absolute Gasteiger partial charge is 0.171 e. The van der Waals surface area contributed by atoms with E-state index in [1.807, 2.05) is 72.4 Å². The highest BCUT2D eigenvalue weighted by molar-refractivity contribution is 6.00. The van der Waals surface area contributed by atoms with Crippen LogP contribution in [0.5, 0.6) is 5.75 Å². The van der Waals surface area contributed by atoms with E-state index in [9.17, 15) is 4.79 Å². The van der Waals surface area contributed by atoms with Crippen LogP contribution in [0.15, 0.2) is 67.0 Å². The van der Waals surface area contributed by atoms with Crippen LogP contribution < -0.4 is 4.74 Å². The predicted octanol–water partition coefficient (Wildman–Crippen LogP) is 6.01. The highest BCUT2D eigenvalue weighted by Gasteiger charge is 2.18. The summed E-state index contributed by atoms with van der Waals surface area (Å²) in [6.45, 7) is 6.80. The summed E-state index contributed by atoms with van der Waals surface area (Å²) in [5, 5.41) is 1.04. The third-order valence-corrected chi connectivity index (χ3v) is 5.66. The molecule has 0 unspecified atom stereocenters. The molecule has 0 atom stereocenters. The quantitative estimate of drug-likeness (QED) is 0.349. The normalized spacial score (nSPS) is 11.3. The first-order valence-corrected chi connectivity index (χ1v) is 10.7. The molecule has 0 fully saturated rings. The number of Topliss-reactive ketones (excluding diaryl/α,β-unsaturated/α-hetero) is 1. The Balaban J connectivity index is 1.64. The molecule has 0 aliphatic carbocycles. The number of fused-ring (bicyclic) bond motifs is 1. The maximum absolute atomic E-state index is 13.4. The molecule has 31 heavy (non-hydrogen) atoms. The average molecular weight is 413 g/mol. The van der Waals surface area contributed by atoms with Crippen LogP contribution in [-0.4, -0.2) is 15.3 Å². The molecule has 0 aliphatic rings. The Morgan fingerprint density at radius 2 is 1.84 bits per heavy atom. The van der Waals surface area contributed by atoms with Crippen LogP contribution >= 0.6 is 0 Å². The Bertz CT molecular complexity index is 1220. The van der Waals surface area contributed by atoms with Crippen molar-refractivity contribution in [3.63, 3.8) is 0 Å². The third-order valence-electron chi connectivity index (χ3n) is 5.66. The Kier molecular flexibility index (Phi) is 5.90. The van der Waals surface area contributed by atoms with Crippen molar-refractivity contribution in [3.05, 3.63) is 94.8 Å². The number of aryl methyl sites for hydroxylation is 2. The Morgan fingerprint density at radius 1 is 1.06 bits per heavy atom. The van der Waals surface area contributed by atoms with Gasteiger partial charge in [0.1, 0.15) is 18.0 Å². The van der Waals surface area contributed by atoms with E-state index in [0.717, 1.165) is 27.7 Å². The first-order valence-electron chi connectivity index (χ1n) is 10.7. The minimum atomic E-state index is 0.0436. The lowest BCUT2D eigenvalue weighted by molar-refractivity contribution is 0.0988. The maximum Gasteiger partial charge on any atom is 0.171 e. The second-order valence-electron chi connectivity index (χ2n) is 8.42. The summed E-state index contributed by atoms with van der Waals surface area (Å²) in [4.78, 5) is 17.9. The molecule has 0 bridgehead atoms. The van der Waals surface area contributed by atoms with Gasteiger partial charge in [-0.15, -0.1) is 0 Å². The fourth-order valence-corrected chi connectivity index (χ4v) is 3.97. The van der Waals surface area contributed by atoms with Gasteiger partial charge >= 0.3 is 0 Å². The lowest BCUT2D eigenvalue weighted by Crippen LogP contribution is -2.10. The number of aromatic nitrogens is 2. The summed E-state index contributed by atoms with van der Waals surface area (Å²) in [5.41, 5.74) is 5.85. The van der Waals surface area contributed by atoms with Gasteiger partial charge in [0.05, 0.1) is 5.56 Å². The minimum Gasteiger partial charge on any atom is -0.488 e. The second-order valence-corrected chi connectivity index (χ2v) is 8.42. The molecule has 2 heterocycles. The Morgan fingerprint density at radius 3 is 2.58 bits per heavy atom. The van der Waals surface area contributed by atoms with Crippen molar-refractivity contribution < 1.29 is 9.53 Å². The number of benzene rings is 2. The average Bonchev–Trinajstić information content (AvgIpc) is 3.12. The highest BCUT2D eigenvalue weighted by Crippen LogP contribution is 2.30. The van der Waals surface area contributed by atoms with Crippen LogP contribution in [0.2, 0.25) is 0 Å². The summed E-state index contributed by atoms with van der Waals surface area (Å²) in [6, 6.07) is 18.1. The number of rotatable bonds is 7. The van der Waals surface area contributed by atoms with E-state index >= 15 is 0 Å². The topological polar surface area (TPSA) is 44.1 Å². The molecule has 4 nitrogen and oxygen atoms in total. The molecule has 0 radical (unpaired) electrons. The van der Waals surface area contributed by atoms with E-state index in [4.69, 9.17) is 4.74 Å². The molecule has 2 aromatic heterocycles. The van der Waals surface area contributed by atoms with Crippen LogP contribution in [0.3, 0.4) is 0 Å². The number of ether oxygens (including phenoxy) is 1. The zero-order valence-corrected chi connectivity index (χ0v) is 18.6. The van der Waals surface area contributed by atoms with Crippen molar-refractivity contribution in [2.45, 2.75) is 39.7 Å². The molecule has 0 N–H and O–H groups in total. The van der Waals surface area contributed by atoms with Crippen LogP contribution in [0.1, 0.15) is 52.4 Å². The van der Waals surface area contributed by atoms with Gasteiger partial charge in [-0.1, -0.05) is 44.2 Å². The van der Waals surface area contributed by atoms with E-state index in [2.05, 4.69) is 25.8 Å². The van der Waals surface area contributed by atoms with Gasteiger partial charge in [0.25, 0.3) is 0 Å². The first-order chi connectivity index (χ1) is 14.9. The van der Waals surface area contributed by atoms with Crippen molar-refractivity contribution in [1.29, 1.82) is 0 Å². The molecular formula is C27H28N2O2. The summed E-state index contributed by atoms with van der Waals surface area (Å²) >= 11 is 0. The van der Waals surface area contributed by atoms with Gasteiger partial charge in [-0.05, 0) is 59.4 Å². The molecule has 0 aliphatic heterocycles. The van der Waals surface area contributed by atoms with Crippen LogP contribution in [0.25, 0.3) is 11.0 Å². The SMILES string of the molecule is Cc1cc(OCc2ccccc2)c(C(=O)Cc2cnc3c(ccn3C)c2)cc1C(C)C. The van der Waals surface area contributed by atoms with E-state index in [-0.39, 0.29) is 5.78 Å². The lowest BCUT2D eigenvalue weighted by Gasteiger charge is -2.17. The van der Waals surface area contributed by atoms with E-state index in [0.29, 0.717) is 30.3 Å². The maximum atomic E-state index is 13.4. The van der Waals surface area contributed by atoms with Crippen molar-refractivity contribution in [1.82, 2.24) is 9.55 Å². The molecule has 4 rings (SSSR count). The number of hydrogen-bond acceptors (Lipinski definition) is 3. The first kappa shape index (κ1) is 20.9. The molecule has 0 spiro atoms. The second kappa shape index (κ2) is 8.76. The largest absolute Gasteiger partial charge is 0.488 e. The zero-order chi connectivity index (χ0) is 22.0. The molecule has 0 amide bonds. The lowest BCUT2D eigenvalue weighted by atomic mass is 9.92. The number of hydrogen-bond donors (Lipinski definition) is 0. The zero-order valence-electron chi connectivity index (χ0n) is 18.6. The number of ketones is 1. The third kappa shape index (κ3) is 4.53.